The Morgan fingerprint density at radius 1 is 1.45 bits per heavy atom. The lowest BCUT2D eigenvalue weighted by Gasteiger charge is -2.19. The van der Waals surface area contributed by atoms with E-state index in [0.29, 0.717) is 13.2 Å². The van der Waals surface area contributed by atoms with Crippen molar-refractivity contribution in [3.05, 3.63) is 33.9 Å². The number of nitrogens with one attached hydrogen (secondary N) is 1. The smallest absolute Gasteiger partial charge is 0.293 e. The van der Waals surface area contributed by atoms with Crippen LogP contribution in [0.5, 0.6) is 0 Å². The maximum atomic E-state index is 11.7. The molecule has 0 heterocycles. The molecule has 3 N–H and O–H groups in total. The summed E-state index contributed by atoms with van der Waals surface area (Å²) in [7, 11) is 3.06. The minimum Gasteiger partial charge on any atom is -0.383 e. The van der Waals surface area contributed by atoms with Crippen molar-refractivity contribution in [1.82, 2.24) is 5.32 Å². The monoisotopic (exact) mass is 310 g/mol. The lowest BCUT2D eigenvalue weighted by Crippen LogP contribution is -2.36. The van der Waals surface area contributed by atoms with Crippen molar-refractivity contribution in [2.75, 3.05) is 38.8 Å². The molecule has 0 atom stereocenters. The SMILES string of the molecule is COCCNC(=O)CN(C)c1ccc(C(N)=O)cc1[N+](=O)[O-]. The van der Waals surface area contributed by atoms with Gasteiger partial charge in [-0.25, -0.2) is 0 Å². The van der Waals surface area contributed by atoms with Crippen LogP contribution in [0.25, 0.3) is 0 Å². The van der Waals surface area contributed by atoms with Crippen molar-refractivity contribution in [1.29, 1.82) is 0 Å². The van der Waals surface area contributed by atoms with Crippen molar-refractivity contribution in [3.8, 4) is 0 Å². The second-order valence-corrected chi connectivity index (χ2v) is 4.52. The number of rotatable bonds is 8. The lowest BCUT2D eigenvalue weighted by atomic mass is 10.1. The number of methoxy groups -OCH3 is 1. The summed E-state index contributed by atoms with van der Waals surface area (Å²) in [6, 6.07) is 3.86. The summed E-state index contributed by atoms with van der Waals surface area (Å²) < 4.78 is 4.81. The van der Waals surface area contributed by atoms with Crippen LogP contribution < -0.4 is 16.0 Å². The number of nitrogens with zero attached hydrogens (tertiary/aromatic N) is 2. The van der Waals surface area contributed by atoms with Crippen molar-refractivity contribution >= 4 is 23.2 Å². The van der Waals surface area contributed by atoms with Gasteiger partial charge < -0.3 is 20.7 Å². The van der Waals surface area contributed by atoms with Gasteiger partial charge in [-0.3, -0.25) is 19.7 Å². The Labute approximate surface area is 127 Å². The summed E-state index contributed by atoms with van der Waals surface area (Å²) in [6.07, 6.45) is 0. The number of ether oxygens (including phenoxy) is 1. The minimum absolute atomic E-state index is 0.0356. The number of hydrogen-bond donors (Lipinski definition) is 2. The summed E-state index contributed by atoms with van der Waals surface area (Å²) in [5.74, 6) is -1.05. The van der Waals surface area contributed by atoms with E-state index in [1.165, 1.54) is 24.1 Å². The van der Waals surface area contributed by atoms with Crippen LogP contribution in [-0.4, -0.2) is 50.6 Å². The first-order chi connectivity index (χ1) is 10.4. The number of nitrogens with two attached hydrogens (primary N) is 1. The predicted octanol–water partition coefficient (Wildman–Crippen LogP) is -0.107. The van der Waals surface area contributed by atoms with Crippen LogP contribution in [0.3, 0.4) is 0 Å². The van der Waals surface area contributed by atoms with Gasteiger partial charge in [0.05, 0.1) is 18.1 Å². The molecule has 120 valence electrons. The standard InChI is InChI=1S/C13H18N4O5/c1-16(8-12(18)15-5-6-22-2)10-4-3-9(13(14)19)7-11(10)17(20)21/h3-4,7H,5-6,8H2,1-2H3,(H2,14,19)(H,15,18). The molecule has 0 radical (unpaired) electrons. The molecule has 2 amide bonds. The first-order valence-corrected chi connectivity index (χ1v) is 6.41. The molecule has 0 spiro atoms. The number of primary amides is 1. The van der Waals surface area contributed by atoms with E-state index in [0.717, 1.165) is 6.07 Å². The molecule has 0 saturated heterocycles. The topological polar surface area (TPSA) is 128 Å². The van der Waals surface area contributed by atoms with Gasteiger partial charge in [-0.15, -0.1) is 0 Å². The summed E-state index contributed by atoms with van der Waals surface area (Å²) in [6.45, 7) is 0.662. The highest BCUT2D eigenvalue weighted by atomic mass is 16.6. The van der Waals surface area contributed by atoms with E-state index in [9.17, 15) is 19.7 Å². The zero-order valence-corrected chi connectivity index (χ0v) is 12.4. The fraction of sp³-hybridized carbons (Fsp3) is 0.385. The molecular formula is C13H18N4O5. The summed E-state index contributed by atoms with van der Waals surface area (Å²) in [4.78, 5) is 34.7. The molecular weight excluding hydrogens is 292 g/mol. The van der Waals surface area contributed by atoms with Gasteiger partial charge in [-0.2, -0.15) is 0 Å². The number of amides is 2. The Hall–Kier alpha value is -2.68. The molecule has 0 aliphatic heterocycles. The van der Waals surface area contributed by atoms with Gasteiger partial charge in [0, 0.05) is 32.3 Å². The molecule has 0 aliphatic rings. The molecule has 1 rings (SSSR count). The molecule has 0 bridgehead atoms. The molecule has 22 heavy (non-hydrogen) atoms. The highest BCUT2D eigenvalue weighted by molar-refractivity contribution is 5.94. The Balaban J connectivity index is 2.88. The van der Waals surface area contributed by atoms with Crippen molar-refractivity contribution in [2.24, 2.45) is 5.73 Å². The van der Waals surface area contributed by atoms with Gasteiger partial charge in [0.25, 0.3) is 5.69 Å². The van der Waals surface area contributed by atoms with E-state index >= 15 is 0 Å². The first kappa shape index (κ1) is 17.4. The zero-order valence-electron chi connectivity index (χ0n) is 12.4. The number of nitro benzene ring substituents is 1. The third-order valence-corrected chi connectivity index (χ3v) is 2.88. The van der Waals surface area contributed by atoms with Gasteiger partial charge in [-0.1, -0.05) is 0 Å². The molecule has 0 unspecified atom stereocenters. The Kier molecular flexibility index (Phi) is 6.26. The second-order valence-electron chi connectivity index (χ2n) is 4.52. The number of anilines is 1. The van der Waals surface area contributed by atoms with Crippen LogP contribution >= 0.6 is 0 Å². The minimum atomic E-state index is -0.755. The lowest BCUT2D eigenvalue weighted by molar-refractivity contribution is -0.384. The van der Waals surface area contributed by atoms with Crippen molar-refractivity contribution in [3.63, 3.8) is 0 Å². The van der Waals surface area contributed by atoms with E-state index < -0.39 is 10.8 Å². The Bertz CT molecular complexity index is 576. The number of benzene rings is 1. The molecule has 9 nitrogen and oxygen atoms in total. The fourth-order valence-electron chi connectivity index (χ4n) is 1.79. The first-order valence-electron chi connectivity index (χ1n) is 6.41. The normalized spacial score (nSPS) is 10.1. The average Bonchev–Trinajstić information content (AvgIpc) is 2.46. The number of nitro groups is 1. The van der Waals surface area contributed by atoms with E-state index in [4.69, 9.17) is 10.5 Å². The summed E-state index contributed by atoms with van der Waals surface area (Å²) in [5.41, 5.74) is 5.07. The van der Waals surface area contributed by atoms with Crippen molar-refractivity contribution < 1.29 is 19.2 Å². The summed E-state index contributed by atoms with van der Waals surface area (Å²) >= 11 is 0. The molecule has 1 aromatic carbocycles. The van der Waals surface area contributed by atoms with Crippen LogP contribution in [0.15, 0.2) is 18.2 Å². The predicted molar refractivity (Wildman–Crippen MR) is 79.8 cm³/mol. The quantitative estimate of drug-likeness (QED) is 0.392. The fourth-order valence-corrected chi connectivity index (χ4v) is 1.79. The maximum Gasteiger partial charge on any atom is 0.293 e. The molecule has 0 fully saturated rings. The van der Waals surface area contributed by atoms with Gasteiger partial charge in [0.2, 0.25) is 11.8 Å². The van der Waals surface area contributed by atoms with E-state index in [1.807, 2.05) is 0 Å². The van der Waals surface area contributed by atoms with Crippen LogP contribution in [-0.2, 0) is 9.53 Å². The average molecular weight is 310 g/mol. The Morgan fingerprint density at radius 3 is 2.68 bits per heavy atom. The third-order valence-electron chi connectivity index (χ3n) is 2.88. The van der Waals surface area contributed by atoms with Gasteiger partial charge in [-0.05, 0) is 12.1 Å². The van der Waals surface area contributed by atoms with Crippen molar-refractivity contribution in [2.45, 2.75) is 0 Å². The zero-order chi connectivity index (χ0) is 16.7. The van der Waals surface area contributed by atoms with Crippen LogP contribution in [0.4, 0.5) is 11.4 Å². The van der Waals surface area contributed by atoms with Gasteiger partial charge >= 0.3 is 0 Å². The highest BCUT2D eigenvalue weighted by Crippen LogP contribution is 2.28. The Morgan fingerprint density at radius 2 is 2.14 bits per heavy atom. The largest absolute Gasteiger partial charge is 0.383 e. The summed E-state index contributed by atoms with van der Waals surface area (Å²) in [5, 5.41) is 13.7. The second kappa shape index (κ2) is 7.93. The highest BCUT2D eigenvalue weighted by Gasteiger charge is 2.20. The number of likely N-dealkylation sites (N-methyl/N-ethyl adjacent to an activating group) is 1. The van der Waals surface area contributed by atoms with Crippen LogP contribution in [0.1, 0.15) is 10.4 Å². The van der Waals surface area contributed by atoms with E-state index in [2.05, 4.69) is 5.32 Å². The van der Waals surface area contributed by atoms with Gasteiger partial charge in [0.1, 0.15) is 5.69 Å². The van der Waals surface area contributed by atoms with E-state index in [1.54, 1.807) is 7.05 Å². The van der Waals surface area contributed by atoms with Crippen LogP contribution in [0.2, 0.25) is 0 Å². The van der Waals surface area contributed by atoms with Crippen LogP contribution in [0, 0.1) is 10.1 Å². The number of carbonyl (C=O) groups is 2. The number of hydrogen-bond acceptors (Lipinski definition) is 6. The third kappa shape index (κ3) is 4.70. The molecule has 0 aliphatic carbocycles. The molecule has 0 saturated carbocycles. The molecule has 1 aromatic rings. The van der Waals surface area contributed by atoms with E-state index in [-0.39, 0.29) is 29.4 Å². The van der Waals surface area contributed by atoms with Gasteiger partial charge in [0.15, 0.2) is 0 Å². The molecule has 0 aromatic heterocycles. The number of carbonyl (C=O) groups excluding carboxylic acids is 2. The molecule has 9 heteroatoms. The maximum absolute atomic E-state index is 11.7.